The van der Waals surface area contributed by atoms with Gasteiger partial charge in [0.1, 0.15) is 0 Å². The highest BCUT2D eigenvalue weighted by atomic mass is 16.1. The monoisotopic (exact) mass is 419 g/mol. The number of nitrogens with one attached hydrogen (secondary N) is 1. The highest BCUT2D eigenvalue weighted by Crippen LogP contribution is 2.25. The average Bonchev–Trinajstić information content (AvgIpc) is 3.32. The number of rotatable bonds is 4. The third-order valence-electron chi connectivity index (χ3n) is 5.77. The number of hydrogen-bond acceptors (Lipinski definition) is 5. The van der Waals surface area contributed by atoms with E-state index in [-0.39, 0.29) is 11.9 Å². The summed E-state index contributed by atoms with van der Waals surface area (Å²) in [5.74, 6) is 0.540. The fraction of sp³-hybridized carbons (Fsp3) is 0.154. The SMILES string of the molecule is N#Cc1ccc(C(=O)NC2CCN(c3nccc(-c4ccc5ccccc5c4)n3)C2)cc1. The molecule has 5 rings (SSSR count). The quantitative estimate of drug-likeness (QED) is 0.537. The van der Waals surface area contributed by atoms with Gasteiger partial charge in [0.15, 0.2) is 0 Å². The minimum Gasteiger partial charge on any atom is -0.347 e. The normalized spacial score (nSPS) is 15.5. The van der Waals surface area contributed by atoms with Crippen molar-refractivity contribution in [3.63, 3.8) is 0 Å². The van der Waals surface area contributed by atoms with Crippen LogP contribution < -0.4 is 10.2 Å². The molecule has 3 aromatic carbocycles. The lowest BCUT2D eigenvalue weighted by molar-refractivity contribution is 0.0940. The number of benzene rings is 3. The molecule has 32 heavy (non-hydrogen) atoms. The van der Waals surface area contributed by atoms with Crippen molar-refractivity contribution >= 4 is 22.6 Å². The van der Waals surface area contributed by atoms with E-state index in [4.69, 9.17) is 10.2 Å². The van der Waals surface area contributed by atoms with Crippen molar-refractivity contribution < 1.29 is 4.79 Å². The van der Waals surface area contributed by atoms with Crippen LogP contribution in [-0.4, -0.2) is 35.0 Å². The zero-order valence-corrected chi connectivity index (χ0v) is 17.4. The molecule has 0 aliphatic carbocycles. The van der Waals surface area contributed by atoms with Gasteiger partial charge in [0.05, 0.1) is 17.3 Å². The molecule has 2 heterocycles. The maximum atomic E-state index is 12.5. The van der Waals surface area contributed by atoms with E-state index in [0.29, 0.717) is 23.6 Å². The van der Waals surface area contributed by atoms with E-state index in [1.54, 1.807) is 30.5 Å². The van der Waals surface area contributed by atoms with Gasteiger partial charge in [-0.25, -0.2) is 9.97 Å². The van der Waals surface area contributed by atoms with E-state index in [1.807, 2.05) is 18.2 Å². The largest absolute Gasteiger partial charge is 0.347 e. The van der Waals surface area contributed by atoms with Crippen LogP contribution >= 0.6 is 0 Å². The number of carbonyl (C=O) groups is 1. The summed E-state index contributed by atoms with van der Waals surface area (Å²) < 4.78 is 0. The summed E-state index contributed by atoms with van der Waals surface area (Å²) in [5, 5.41) is 14.4. The van der Waals surface area contributed by atoms with Gasteiger partial charge in [0.2, 0.25) is 5.95 Å². The minimum absolute atomic E-state index is 0.0195. The fourth-order valence-electron chi connectivity index (χ4n) is 4.03. The van der Waals surface area contributed by atoms with Gasteiger partial charge in [-0.15, -0.1) is 0 Å². The van der Waals surface area contributed by atoms with Crippen LogP contribution in [0.3, 0.4) is 0 Å². The standard InChI is InChI=1S/C26H21N5O/c27-16-18-5-7-20(8-6-18)25(32)29-23-12-14-31(17-23)26-28-13-11-24(30-26)22-10-9-19-3-1-2-4-21(19)15-22/h1-11,13,15,23H,12,14,17H2,(H,29,32). The van der Waals surface area contributed by atoms with Crippen LogP contribution in [0.5, 0.6) is 0 Å². The Morgan fingerprint density at radius 1 is 1.03 bits per heavy atom. The average molecular weight is 419 g/mol. The molecule has 6 heteroatoms. The van der Waals surface area contributed by atoms with Gasteiger partial charge in [0.25, 0.3) is 5.91 Å². The molecule has 4 aromatic rings. The number of fused-ring (bicyclic) bond motifs is 1. The number of anilines is 1. The maximum absolute atomic E-state index is 12.5. The van der Waals surface area contributed by atoms with E-state index >= 15 is 0 Å². The summed E-state index contributed by atoms with van der Waals surface area (Å²) >= 11 is 0. The van der Waals surface area contributed by atoms with Gasteiger partial charge in [0, 0.05) is 36.5 Å². The summed E-state index contributed by atoms with van der Waals surface area (Å²) in [6.45, 7) is 1.43. The lowest BCUT2D eigenvalue weighted by Crippen LogP contribution is -2.37. The van der Waals surface area contributed by atoms with Gasteiger partial charge in [-0.1, -0.05) is 36.4 Å². The highest BCUT2D eigenvalue weighted by molar-refractivity contribution is 5.94. The first-order valence-electron chi connectivity index (χ1n) is 10.6. The van der Waals surface area contributed by atoms with Gasteiger partial charge < -0.3 is 10.2 Å². The zero-order chi connectivity index (χ0) is 21.9. The fourth-order valence-corrected chi connectivity index (χ4v) is 4.03. The second-order valence-electron chi connectivity index (χ2n) is 7.90. The third-order valence-corrected chi connectivity index (χ3v) is 5.77. The predicted octanol–water partition coefficient (Wildman–Crippen LogP) is 4.18. The Morgan fingerprint density at radius 3 is 2.66 bits per heavy atom. The van der Waals surface area contributed by atoms with E-state index in [1.165, 1.54) is 10.8 Å². The van der Waals surface area contributed by atoms with Crippen molar-refractivity contribution in [3.8, 4) is 17.3 Å². The molecule has 156 valence electrons. The summed E-state index contributed by atoms with van der Waals surface area (Å²) in [4.78, 5) is 23.9. The van der Waals surface area contributed by atoms with Gasteiger partial charge in [-0.2, -0.15) is 5.26 Å². The van der Waals surface area contributed by atoms with Crippen LogP contribution in [0.1, 0.15) is 22.3 Å². The number of nitrogens with zero attached hydrogens (tertiary/aromatic N) is 4. The Hall–Kier alpha value is -4.24. The highest BCUT2D eigenvalue weighted by Gasteiger charge is 2.26. The first-order valence-corrected chi connectivity index (χ1v) is 10.6. The van der Waals surface area contributed by atoms with Crippen LogP contribution in [0.15, 0.2) is 79.0 Å². The van der Waals surface area contributed by atoms with E-state index < -0.39 is 0 Å². The summed E-state index contributed by atoms with van der Waals surface area (Å²) in [5.41, 5.74) is 3.03. The lowest BCUT2D eigenvalue weighted by Gasteiger charge is -2.17. The first kappa shape index (κ1) is 19.7. The Morgan fingerprint density at radius 2 is 1.84 bits per heavy atom. The van der Waals surface area contributed by atoms with Crippen molar-refractivity contribution in [1.29, 1.82) is 5.26 Å². The molecule has 1 unspecified atom stereocenters. The zero-order valence-electron chi connectivity index (χ0n) is 17.4. The summed E-state index contributed by atoms with van der Waals surface area (Å²) in [6, 6.07) is 25.3. The maximum Gasteiger partial charge on any atom is 0.251 e. The Bertz CT molecular complexity index is 1330. The van der Waals surface area contributed by atoms with Crippen molar-refractivity contribution in [3.05, 3.63) is 90.1 Å². The molecular weight excluding hydrogens is 398 g/mol. The van der Waals surface area contributed by atoms with E-state index in [9.17, 15) is 4.79 Å². The first-order chi connectivity index (χ1) is 15.7. The van der Waals surface area contributed by atoms with Crippen molar-refractivity contribution in [2.45, 2.75) is 12.5 Å². The second kappa shape index (κ2) is 8.48. The molecule has 1 aromatic heterocycles. The molecule has 6 nitrogen and oxygen atoms in total. The molecule has 1 atom stereocenters. The summed E-state index contributed by atoms with van der Waals surface area (Å²) in [6.07, 6.45) is 2.61. The molecule has 1 saturated heterocycles. The van der Waals surface area contributed by atoms with E-state index in [0.717, 1.165) is 24.2 Å². The van der Waals surface area contributed by atoms with Crippen LogP contribution in [0.2, 0.25) is 0 Å². The molecule has 0 spiro atoms. The number of amides is 1. The van der Waals surface area contributed by atoms with Gasteiger partial charge in [-0.3, -0.25) is 4.79 Å². The van der Waals surface area contributed by atoms with Crippen LogP contribution in [0.25, 0.3) is 22.0 Å². The van der Waals surface area contributed by atoms with Gasteiger partial charge in [-0.05, 0) is 53.6 Å². The Labute approximate surface area is 186 Å². The van der Waals surface area contributed by atoms with Crippen molar-refractivity contribution in [1.82, 2.24) is 15.3 Å². The topological polar surface area (TPSA) is 81.9 Å². The van der Waals surface area contributed by atoms with E-state index in [2.05, 4.69) is 51.6 Å². The van der Waals surface area contributed by atoms with Crippen LogP contribution in [-0.2, 0) is 0 Å². The minimum atomic E-state index is -0.132. The second-order valence-corrected chi connectivity index (χ2v) is 7.90. The number of aromatic nitrogens is 2. The molecule has 1 aliphatic heterocycles. The van der Waals surface area contributed by atoms with Crippen molar-refractivity contribution in [2.24, 2.45) is 0 Å². The van der Waals surface area contributed by atoms with Gasteiger partial charge >= 0.3 is 0 Å². The Kier molecular flexibility index (Phi) is 5.22. The molecule has 0 saturated carbocycles. The number of carbonyl (C=O) groups excluding carboxylic acids is 1. The number of hydrogen-bond donors (Lipinski definition) is 1. The molecule has 1 aliphatic rings. The number of nitriles is 1. The Balaban J connectivity index is 1.28. The molecule has 1 N–H and O–H groups in total. The van der Waals surface area contributed by atoms with Crippen LogP contribution in [0, 0.1) is 11.3 Å². The van der Waals surface area contributed by atoms with Crippen LogP contribution in [0.4, 0.5) is 5.95 Å². The third kappa shape index (κ3) is 4.01. The molecule has 0 radical (unpaired) electrons. The molecule has 1 fully saturated rings. The summed E-state index contributed by atoms with van der Waals surface area (Å²) in [7, 11) is 0. The predicted molar refractivity (Wildman–Crippen MR) is 124 cm³/mol. The molecule has 1 amide bonds. The lowest BCUT2D eigenvalue weighted by atomic mass is 10.1. The molecule has 0 bridgehead atoms. The smallest absolute Gasteiger partial charge is 0.251 e. The van der Waals surface area contributed by atoms with Crippen molar-refractivity contribution in [2.75, 3.05) is 18.0 Å². The molecular formula is C26H21N5O.